The molecular formula is C16H18BrN3O2. The van der Waals surface area contributed by atoms with Crippen molar-refractivity contribution in [2.75, 3.05) is 18.5 Å². The molecule has 22 heavy (non-hydrogen) atoms. The molecule has 2 heterocycles. The highest BCUT2D eigenvalue weighted by Crippen LogP contribution is 2.19. The van der Waals surface area contributed by atoms with Gasteiger partial charge in [0.25, 0.3) is 5.91 Å². The Morgan fingerprint density at radius 3 is 2.91 bits per heavy atom. The van der Waals surface area contributed by atoms with Crippen LogP contribution in [-0.2, 0) is 11.3 Å². The summed E-state index contributed by atoms with van der Waals surface area (Å²) >= 11 is 3.39. The van der Waals surface area contributed by atoms with Crippen LogP contribution in [0, 0.1) is 5.92 Å². The molecule has 0 atom stereocenters. The highest BCUT2D eigenvalue weighted by atomic mass is 79.9. The van der Waals surface area contributed by atoms with Crippen LogP contribution in [0.15, 0.2) is 41.1 Å². The van der Waals surface area contributed by atoms with Crippen molar-refractivity contribution in [1.82, 2.24) is 9.78 Å². The van der Waals surface area contributed by atoms with Gasteiger partial charge >= 0.3 is 0 Å². The van der Waals surface area contributed by atoms with E-state index >= 15 is 0 Å². The average Bonchev–Trinajstić information content (AvgIpc) is 2.95. The third-order valence-corrected chi connectivity index (χ3v) is 4.49. The number of amides is 1. The van der Waals surface area contributed by atoms with E-state index in [0.717, 1.165) is 37.1 Å². The summed E-state index contributed by atoms with van der Waals surface area (Å²) in [6, 6.07) is 7.36. The SMILES string of the molecule is O=C(Nc1cnn(CC2CCOCC2)c1)c1ccccc1Br. The monoisotopic (exact) mass is 363 g/mol. The molecule has 0 spiro atoms. The Kier molecular flexibility index (Phi) is 4.90. The first kappa shape index (κ1) is 15.2. The minimum absolute atomic E-state index is 0.141. The zero-order valence-corrected chi connectivity index (χ0v) is 13.8. The Balaban J connectivity index is 1.61. The number of hydrogen-bond acceptors (Lipinski definition) is 3. The zero-order valence-electron chi connectivity index (χ0n) is 12.2. The van der Waals surface area contributed by atoms with Crippen molar-refractivity contribution >= 4 is 27.5 Å². The topological polar surface area (TPSA) is 56.2 Å². The molecule has 0 bridgehead atoms. The number of carbonyl (C=O) groups excluding carboxylic acids is 1. The van der Waals surface area contributed by atoms with E-state index < -0.39 is 0 Å². The summed E-state index contributed by atoms with van der Waals surface area (Å²) in [6.45, 7) is 2.53. The largest absolute Gasteiger partial charge is 0.381 e. The predicted molar refractivity (Wildman–Crippen MR) is 87.9 cm³/mol. The molecular weight excluding hydrogens is 346 g/mol. The standard InChI is InChI=1S/C16H18BrN3O2/c17-15-4-2-1-3-14(15)16(21)19-13-9-18-20(11-13)10-12-5-7-22-8-6-12/h1-4,9,11-12H,5-8,10H2,(H,19,21). The number of benzene rings is 1. The van der Waals surface area contributed by atoms with E-state index in [1.807, 2.05) is 29.1 Å². The minimum Gasteiger partial charge on any atom is -0.381 e. The van der Waals surface area contributed by atoms with Crippen LogP contribution in [0.3, 0.4) is 0 Å². The van der Waals surface area contributed by atoms with Gasteiger partial charge in [0.1, 0.15) is 0 Å². The van der Waals surface area contributed by atoms with Gasteiger partial charge in [-0.3, -0.25) is 9.48 Å². The van der Waals surface area contributed by atoms with Crippen molar-refractivity contribution < 1.29 is 9.53 Å². The number of nitrogens with one attached hydrogen (secondary N) is 1. The molecule has 0 saturated carbocycles. The van der Waals surface area contributed by atoms with Crippen molar-refractivity contribution in [3.05, 3.63) is 46.7 Å². The van der Waals surface area contributed by atoms with Crippen molar-refractivity contribution in [2.24, 2.45) is 5.92 Å². The van der Waals surface area contributed by atoms with Gasteiger partial charge in [0.15, 0.2) is 0 Å². The minimum atomic E-state index is -0.141. The zero-order chi connectivity index (χ0) is 15.4. The highest BCUT2D eigenvalue weighted by Gasteiger charge is 2.15. The van der Waals surface area contributed by atoms with E-state index in [-0.39, 0.29) is 5.91 Å². The van der Waals surface area contributed by atoms with E-state index in [1.165, 1.54) is 0 Å². The molecule has 0 unspecified atom stereocenters. The molecule has 1 N–H and O–H groups in total. The molecule has 116 valence electrons. The molecule has 6 heteroatoms. The second-order valence-electron chi connectivity index (χ2n) is 5.44. The third kappa shape index (κ3) is 3.75. The maximum atomic E-state index is 12.2. The average molecular weight is 364 g/mol. The number of rotatable bonds is 4. The Bertz CT molecular complexity index is 650. The highest BCUT2D eigenvalue weighted by molar-refractivity contribution is 9.10. The van der Waals surface area contributed by atoms with Crippen molar-refractivity contribution in [2.45, 2.75) is 19.4 Å². The number of hydrogen-bond donors (Lipinski definition) is 1. The van der Waals surface area contributed by atoms with Gasteiger partial charge in [-0.15, -0.1) is 0 Å². The Labute approximate surface area is 137 Å². The fourth-order valence-corrected chi connectivity index (χ4v) is 3.03. The van der Waals surface area contributed by atoms with Gasteiger partial charge in [-0.05, 0) is 46.8 Å². The summed E-state index contributed by atoms with van der Waals surface area (Å²) < 4.78 is 8.04. The normalized spacial score (nSPS) is 15.7. The molecule has 3 rings (SSSR count). The smallest absolute Gasteiger partial charge is 0.256 e. The Morgan fingerprint density at radius 1 is 1.36 bits per heavy atom. The van der Waals surface area contributed by atoms with Gasteiger partial charge in [0, 0.05) is 30.4 Å². The lowest BCUT2D eigenvalue weighted by atomic mass is 10.0. The van der Waals surface area contributed by atoms with E-state index in [9.17, 15) is 4.79 Å². The molecule has 5 nitrogen and oxygen atoms in total. The van der Waals surface area contributed by atoms with E-state index in [1.54, 1.807) is 12.3 Å². The molecule has 1 aromatic carbocycles. The first-order valence-corrected chi connectivity index (χ1v) is 8.18. The molecule has 1 aliphatic rings. The number of carbonyl (C=O) groups is 1. The van der Waals surface area contributed by atoms with E-state index in [4.69, 9.17) is 4.74 Å². The van der Waals surface area contributed by atoms with Gasteiger partial charge in [0.2, 0.25) is 0 Å². The van der Waals surface area contributed by atoms with Gasteiger partial charge in [0.05, 0.1) is 17.4 Å². The van der Waals surface area contributed by atoms with Crippen LogP contribution in [-0.4, -0.2) is 28.9 Å². The maximum Gasteiger partial charge on any atom is 0.256 e. The summed E-state index contributed by atoms with van der Waals surface area (Å²) in [7, 11) is 0. The number of ether oxygens (including phenoxy) is 1. The number of halogens is 1. The first-order valence-electron chi connectivity index (χ1n) is 7.38. The molecule has 1 fully saturated rings. The Hall–Kier alpha value is -1.66. The van der Waals surface area contributed by atoms with Crippen LogP contribution >= 0.6 is 15.9 Å². The maximum absolute atomic E-state index is 12.2. The van der Waals surface area contributed by atoms with Gasteiger partial charge in [-0.2, -0.15) is 5.10 Å². The second-order valence-corrected chi connectivity index (χ2v) is 6.30. The van der Waals surface area contributed by atoms with Gasteiger partial charge < -0.3 is 10.1 Å². The van der Waals surface area contributed by atoms with Crippen molar-refractivity contribution in [3.63, 3.8) is 0 Å². The third-order valence-electron chi connectivity index (χ3n) is 3.80. The van der Waals surface area contributed by atoms with Crippen LogP contribution in [0.4, 0.5) is 5.69 Å². The van der Waals surface area contributed by atoms with Crippen LogP contribution < -0.4 is 5.32 Å². The lowest BCUT2D eigenvalue weighted by Crippen LogP contribution is -2.20. The Morgan fingerprint density at radius 2 is 2.14 bits per heavy atom. The van der Waals surface area contributed by atoms with E-state index in [2.05, 4.69) is 26.3 Å². The summed E-state index contributed by atoms with van der Waals surface area (Å²) in [5, 5.41) is 7.21. The quantitative estimate of drug-likeness (QED) is 0.906. The second kappa shape index (κ2) is 7.07. The lowest BCUT2D eigenvalue weighted by Gasteiger charge is -2.21. The van der Waals surface area contributed by atoms with Crippen molar-refractivity contribution in [1.29, 1.82) is 0 Å². The van der Waals surface area contributed by atoms with E-state index in [0.29, 0.717) is 17.2 Å². The molecule has 1 saturated heterocycles. The molecule has 1 aliphatic heterocycles. The van der Waals surface area contributed by atoms with Crippen LogP contribution in [0.5, 0.6) is 0 Å². The molecule has 1 aromatic heterocycles. The number of anilines is 1. The molecule has 2 aromatic rings. The molecule has 0 radical (unpaired) electrons. The van der Waals surface area contributed by atoms with Crippen LogP contribution in [0.25, 0.3) is 0 Å². The van der Waals surface area contributed by atoms with Gasteiger partial charge in [-0.25, -0.2) is 0 Å². The summed E-state index contributed by atoms with van der Waals surface area (Å²) in [4.78, 5) is 12.2. The fraction of sp³-hybridized carbons (Fsp3) is 0.375. The predicted octanol–water partition coefficient (Wildman–Crippen LogP) is 3.32. The lowest BCUT2D eigenvalue weighted by molar-refractivity contribution is 0.0601. The number of aromatic nitrogens is 2. The number of nitrogens with zero attached hydrogens (tertiary/aromatic N) is 2. The first-order chi connectivity index (χ1) is 10.7. The summed E-state index contributed by atoms with van der Waals surface area (Å²) in [5.41, 5.74) is 1.33. The summed E-state index contributed by atoms with van der Waals surface area (Å²) in [5.74, 6) is 0.457. The molecule has 0 aliphatic carbocycles. The summed E-state index contributed by atoms with van der Waals surface area (Å²) in [6.07, 6.45) is 5.70. The van der Waals surface area contributed by atoms with Crippen LogP contribution in [0.1, 0.15) is 23.2 Å². The fourth-order valence-electron chi connectivity index (χ4n) is 2.57. The van der Waals surface area contributed by atoms with Crippen LogP contribution in [0.2, 0.25) is 0 Å². The van der Waals surface area contributed by atoms with Crippen molar-refractivity contribution in [3.8, 4) is 0 Å². The van der Waals surface area contributed by atoms with Gasteiger partial charge in [-0.1, -0.05) is 12.1 Å². The molecule has 1 amide bonds.